The van der Waals surface area contributed by atoms with Gasteiger partial charge in [0.25, 0.3) is 0 Å². The van der Waals surface area contributed by atoms with Crippen LogP contribution < -0.4 is 5.32 Å². The van der Waals surface area contributed by atoms with Crippen LogP contribution in [0.3, 0.4) is 0 Å². The molecule has 2 rings (SSSR count). The minimum Gasteiger partial charge on any atom is -0.335 e. The summed E-state index contributed by atoms with van der Waals surface area (Å²) in [5, 5.41) is 7.68. The smallest absolute Gasteiger partial charge is 0.321 e. The first kappa shape index (κ1) is 9.83. The van der Waals surface area contributed by atoms with E-state index in [4.69, 9.17) is 4.52 Å². The highest BCUT2D eigenvalue weighted by Crippen LogP contribution is 2.24. The fourth-order valence-electron chi connectivity index (χ4n) is 1.01. The number of hydrogen-bond acceptors (Lipinski definition) is 5. The highest BCUT2D eigenvalue weighted by Gasteiger charge is 2.23. The molecule has 1 N–H and O–H groups in total. The number of hydrogen-bond donors (Lipinski definition) is 1. The van der Waals surface area contributed by atoms with Gasteiger partial charge in [-0.3, -0.25) is 0 Å². The molecule has 0 amide bonds. The maximum atomic E-state index is 5.06. The molecule has 1 saturated carbocycles. The van der Waals surface area contributed by atoms with Gasteiger partial charge in [0.05, 0.1) is 5.75 Å². The highest BCUT2D eigenvalue weighted by molar-refractivity contribution is 7.99. The lowest BCUT2D eigenvalue weighted by molar-refractivity contribution is 0.424. The van der Waals surface area contributed by atoms with Crippen LogP contribution in [0.2, 0.25) is 0 Å². The highest BCUT2D eigenvalue weighted by atomic mass is 32.2. The molecule has 14 heavy (non-hydrogen) atoms. The van der Waals surface area contributed by atoms with Crippen molar-refractivity contribution in [3.63, 3.8) is 0 Å². The van der Waals surface area contributed by atoms with Gasteiger partial charge in [-0.2, -0.15) is 16.7 Å². The van der Waals surface area contributed by atoms with Crippen molar-refractivity contribution >= 4 is 17.8 Å². The van der Waals surface area contributed by atoms with E-state index in [1.807, 2.05) is 11.8 Å². The molecule has 1 aromatic heterocycles. The van der Waals surface area contributed by atoms with E-state index in [1.165, 1.54) is 12.8 Å². The Kier molecular flexibility index (Phi) is 2.96. The monoisotopic (exact) mass is 213 g/mol. The standard InChI is InChI=1S/C9H15N3OS/c1-6(2)14-5-8-11-9(13-12-8)10-7-3-4-7/h6-7H,3-5H2,1-2H3,(H,10,11,12). The van der Waals surface area contributed by atoms with Crippen LogP contribution in [0.4, 0.5) is 6.01 Å². The second kappa shape index (κ2) is 4.21. The molecule has 1 aliphatic carbocycles. The molecular weight excluding hydrogens is 198 g/mol. The summed E-state index contributed by atoms with van der Waals surface area (Å²) in [6.45, 7) is 4.32. The average molecular weight is 213 g/mol. The Morgan fingerprint density at radius 1 is 1.57 bits per heavy atom. The van der Waals surface area contributed by atoms with Crippen molar-refractivity contribution in [2.24, 2.45) is 0 Å². The van der Waals surface area contributed by atoms with Crippen LogP contribution >= 0.6 is 11.8 Å². The molecule has 0 radical (unpaired) electrons. The lowest BCUT2D eigenvalue weighted by Gasteiger charge is -1.99. The van der Waals surface area contributed by atoms with Gasteiger partial charge in [0, 0.05) is 6.04 Å². The largest absolute Gasteiger partial charge is 0.335 e. The second-order valence-electron chi connectivity index (χ2n) is 3.79. The van der Waals surface area contributed by atoms with Gasteiger partial charge >= 0.3 is 6.01 Å². The Hall–Kier alpha value is -0.710. The van der Waals surface area contributed by atoms with E-state index in [0.717, 1.165) is 11.6 Å². The van der Waals surface area contributed by atoms with Crippen LogP contribution in [-0.4, -0.2) is 21.4 Å². The summed E-state index contributed by atoms with van der Waals surface area (Å²) < 4.78 is 5.06. The Labute approximate surface area is 87.8 Å². The molecule has 1 heterocycles. The molecule has 5 heteroatoms. The van der Waals surface area contributed by atoms with Gasteiger partial charge in [-0.15, -0.1) is 0 Å². The summed E-state index contributed by atoms with van der Waals surface area (Å²) in [7, 11) is 0. The van der Waals surface area contributed by atoms with E-state index in [9.17, 15) is 0 Å². The number of aromatic nitrogens is 2. The topological polar surface area (TPSA) is 51.0 Å². The van der Waals surface area contributed by atoms with E-state index in [-0.39, 0.29) is 0 Å². The van der Waals surface area contributed by atoms with E-state index >= 15 is 0 Å². The predicted molar refractivity (Wildman–Crippen MR) is 57.4 cm³/mol. The van der Waals surface area contributed by atoms with Gasteiger partial charge in [-0.25, -0.2) is 0 Å². The summed E-state index contributed by atoms with van der Waals surface area (Å²) in [5.74, 6) is 1.61. The summed E-state index contributed by atoms with van der Waals surface area (Å²) in [5.41, 5.74) is 0. The van der Waals surface area contributed by atoms with Crippen LogP contribution in [0.5, 0.6) is 0 Å². The molecule has 0 aromatic carbocycles. The summed E-state index contributed by atoms with van der Waals surface area (Å²) in [6, 6.07) is 1.15. The Bertz CT molecular complexity index is 296. The zero-order valence-corrected chi connectivity index (χ0v) is 9.30. The molecule has 0 bridgehead atoms. The second-order valence-corrected chi connectivity index (χ2v) is 5.36. The summed E-state index contributed by atoms with van der Waals surface area (Å²) >= 11 is 1.82. The normalized spacial score (nSPS) is 16.2. The number of rotatable bonds is 5. The van der Waals surface area contributed by atoms with Crippen molar-refractivity contribution < 1.29 is 4.52 Å². The van der Waals surface area contributed by atoms with Crippen molar-refractivity contribution in [1.29, 1.82) is 0 Å². The third-order valence-corrected chi connectivity index (χ3v) is 3.01. The van der Waals surface area contributed by atoms with E-state index < -0.39 is 0 Å². The number of nitrogens with one attached hydrogen (secondary N) is 1. The van der Waals surface area contributed by atoms with Crippen LogP contribution in [0.25, 0.3) is 0 Å². The van der Waals surface area contributed by atoms with Crippen LogP contribution in [-0.2, 0) is 5.75 Å². The predicted octanol–water partition coefficient (Wildman–Crippen LogP) is 2.29. The first-order valence-electron chi connectivity index (χ1n) is 4.95. The molecule has 78 valence electrons. The quantitative estimate of drug-likeness (QED) is 0.813. The maximum Gasteiger partial charge on any atom is 0.321 e. The minimum absolute atomic E-state index is 0.570. The summed E-state index contributed by atoms with van der Waals surface area (Å²) in [6.07, 6.45) is 2.44. The number of nitrogens with zero attached hydrogens (tertiary/aromatic N) is 2. The van der Waals surface area contributed by atoms with Crippen molar-refractivity contribution in [2.45, 2.75) is 43.7 Å². The van der Waals surface area contributed by atoms with Crippen molar-refractivity contribution in [2.75, 3.05) is 5.32 Å². The zero-order valence-electron chi connectivity index (χ0n) is 8.49. The van der Waals surface area contributed by atoms with Crippen molar-refractivity contribution in [3.8, 4) is 0 Å². The van der Waals surface area contributed by atoms with E-state index in [1.54, 1.807) is 0 Å². The van der Waals surface area contributed by atoms with Gasteiger partial charge in [-0.1, -0.05) is 19.0 Å². The SMILES string of the molecule is CC(C)SCc1noc(NC2CC2)n1. The molecule has 0 aliphatic heterocycles. The van der Waals surface area contributed by atoms with Crippen molar-refractivity contribution in [1.82, 2.24) is 10.1 Å². The molecular formula is C9H15N3OS. The summed E-state index contributed by atoms with van der Waals surface area (Å²) in [4.78, 5) is 4.25. The molecule has 0 saturated heterocycles. The molecule has 1 aliphatic rings. The van der Waals surface area contributed by atoms with Crippen LogP contribution in [0.1, 0.15) is 32.5 Å². The van der Waals surface area contributed by atoms with Crippen molar-refractivity contribution in [3.05, 3.63) is 5.82 Å². The molecule has 0 unspecified atom stereocenters. The lowest BCUT2D eigenvalue weighted by Crippen LogP contribution is -2.00. The first-order valence-corrected chi connectivity index (χ1v) is 5.99. The Morgan fingerprint density at radius 2 is 2.36 bits per heavy atom. The Morgan fingerprint density at radius 3 is 3.00 bits per heavy atom. The van der Waals surface area contributed by atoms with Gasteiger partial charge in [0.1, 0.15) is 0 Å². The number of anilines is 1. The van der Waals surface area contributed by atoms with Gasteiger partial charge in [-0.05, 0) is 18.1 Å². The molecule has 4 nitrogen and oxygen atoms in total. The van der Waals surface area contributed by atoms with E-state index in [2.05, 4.69) is 29.3 Å². The lowest BCUT2D eigenvalue weighted by atomic mass is 10.6. The van der Waals surface area contributed by atoms with Gasteiger partial charge < -0.3 is 9.84 Å². The van der Waals surface area contributed by atoms with Gasteiger partial charge in [0.2, 0.25) is 0 Å². The first-order chi connectivity index (χ1) is 6.74. The number of thioether (sulfide) groups is 1. The molecule has 0 spiro atoms. The zero-order chi connectivity index (χ0) is 9.97. The molecule has 0 atom stereocenters. The van der Waals surface area contributed by atoms with Gasteiger partial charge in [0.15, 0.2) is 5.82 Å². The van der Waals surface area contributed by atoms with E-state index in [0.29, 0.717) is 17.3 Å². The fourth-order valence-corrected chi connectivity index (χ4v) is 1.61. The molecule has 1 fully saturated rings. The van der Waals surface area contributed by atoms with Crippen LogP contribution in [0.15, 0.2) is 4.52 Å². The average Bonchev–Trinajstić information content (AvgIpc) is 2.81. The van der Waals surface area contributed by atoms with Crippen LogP contribution in [0, 0.1) is 0 Å². The Balaban J connectivity index is 1.82. The third kappa shape index (κ3) is 2.90. The third-order valence-electron chi connectivity index (χ3n) is 1.92. The minimum atomic E-state index is 0.570. The fraction of sp³-hybridized carbons (Fsp3) is 0.778. The molecule has 1 aromatic rings. The maximum absolute atomic E-state index is 5.06.